The second-order valence-electron chi connectivity index (χ2n) is 3.38. The van der Waals surface area contributed by atoms with Gasteiger partial charge < -0.3 is 14.9 Å². The highest BCUT2D eigenvalue weighted by Gasteiger charge is 2.29. The van der Waals surface area contributed by atoms with Gasteiger partial charge in [0, 0.05) is 12.0 Å². The highest BCUT2D eigenvalue weighted by Crippen LogP contribution is 2.33. The largest absolute Gasteiger partial charge is 0.497 e. The second kappa shape index (κ2) is 3.12. The minimum Gasteiger partial charge on any atom is -0.497 e. The van der Waals surface area contributed by atoms with Gasteiger partial charge in [-0.15, -0.1) is 0 Å². The van der Waals surface area contributed by atoms with Crippen molar-refractivity contribution in [2.24, 2.45) is 0 Å². The molecule has 0 saturated carbocycles. The van der Waals surface area contributed by atoms with Gasteiger partial charge in [0.25, 0.3) is 0 Å². The van der Waals surface area contributed by atoms with Crippen LogP contribution in [0.1, 0.15) is 17.5 Å². The SMILES string of the molecule is COc1ccc2c(c1)C=CCC2(O)O. The molecule has 0 atom stereocenters. The summed E-state index contributed by atoms with van der Waals surface area (Å²) in [6.07, 6.45) is 3.83. The van der Waals surface area contributed by atoms with Crippen molar-refractivity contribution in [2.75, 3.05) is 7.11 Å². The van der Waals surface area contributed by atoms with E-state index in [4.69, 9.17) is 4.74 Å². The van der Waals surface area contributed by atoms with Crippen molar-refractivity contribution in [1.29, 1.82) is 0 Å². The summed E-state index contributed by atoms with van der Waals surface area (Å²) in [7, 11) is 1.58. The van der Waals surface area contributed by atoms with Gasteiger partial charge in [0.15, 0.2) is 5.79 Å². The number of fused-ring (bicyclic) bond motifs is 1. The van der Waals surface area contributed by atoms with Crippen molar-refractivity contribution in [3.8, 4) is 5.75 Å². The molecule has 0 aliphatic heterocycles. The molecule has 14 heavy (non-hydrogen) atoms. The van der Waals surface area contributed by atoms with Crippen LogP contribution in [0.5, 0.6) is 5.75 Å². The van der Waals surface area contributed by atoms with Crippen molar-refractivity contribution < 1.29 is 14.9 Å². The zero-order valence-electron chi connectivity index (χ0n) is 7.90. The summed E-state index contributed by atoms with van der Waals surface area (Å²) >= 11 is 0. The Labute approximate surface area is 82.3 Å². The molecule has 0 radical (unpaired) electrons. The summed E-state index contributed by atoms with van der Waals surface area (Å²) in [6.45, 7) is 0. The Balaban J connectivity index is 2.53. The molecule has 3 heteroatoms. The van der Waals surface area contributed by atoms with Crippen molar-refractivity contribution in [1.82, 2.24) is 0 Å². The Kier molecular flexibility index (Phi) is 2.06. The molecular weight excluding hydrogens is 180 g/mol. The highest BCUT2D eigenvalue weighted by atomic mass is 16.5. The van der Waals surface area contributed by atoms with Crippen LogP contribution in [0.4, 0.5) is 0 Å². The first kappa shape index (κ1) is 9.24. The molecule has 2 N–H and O–H groups in total. The number of aliphatic hydroxyl groups is 2. The van der Waals surface area contributed by atoms with Gasteiger partial charge in [-0.05, 0) is 23.8 Å². The van der Waals surface area contributed by atoms with E-state index >= 15 is 0 Å². The normalized spacial score (nSPS) is 17.6. The van der Waals surface area contributed by atoms with Crippen LogP contribution in [-0.4, -0.2) is 17.3 Å². The summed E-state index contributed by atoms with van der Waals surface area (Å²) < 4.78 is 5.05. The lowest BCUT2D eigenvalue weighted by Gasteiger charge is -2.26. The van der Waals surface area contributed by atoms with E-state index in [1.807, 2.05) is 6.08 Å². The molecule has 2 rings (SSSR count). The first-order valence-corrected chi connectivity index (χ1v) is 4.43. The van der Waals surface area contributed by atoms with Crippen molar-refractivity contribution >= 4 is 6.08 Å². The van der Waals surface area contributed by atoms with Gasteiger partial charge in [0.2, 0.25) is 0 Å². The molecule has 0 aromatic heterocycles. The molecule has 74 valence electrons. The van der Waals surface area contributed by atoms with E-state index < -0.39 is 5.79 Å². The summed E-state index contributed by atoms with van der Waals surface area (Å²) in [5.41, 5.74) is 1.32. The molecule has 0 bridgehead atoms. The Morgan fingerprint density at radius 1 is 1.36 bits per heavy atom. The fraction of sp³-hybridized carbons (Fsp3) is 0.273. The molecule has 0 unspecified atom stereocenters. The van der Waals surface area contributed by atoms with E-state index in [-0.39, 0.29) is 6.42 Å². The smallest absolute Gasteiger partial charge is 0.193 e. The third kappa shape index (κ3) is 1.41. The standard InChI is InChI=1S/C11H12O3/c1-14-9-4-5-10-8(7-9)3-2-6-11(10,12)13/h2-5,7,12-13H,6H2,1H3. The maximum absolute atomic E-state index is 9.65. The van der Waals surface area contributed by atoms with Crippen LogP contribution in [0.25, 0.3) is 6.08 Å². The van der Waals surface area contributed by atoms with Gasteiger partial charge in [-0.25, -0.2) is 0 Å². The van der Waals surface area contributed by atoms with E-state index in [0.29, 0.717) is 11.3 Å². The van der Waals surface area contributed by atoms with Crippen molar-refractivity contribution in [2.45, 2.75) is 12.2 Å². The first-order chi connectivity index (χ1) is 6.63. The minimum atomic E-state index is -1.74. The summed E-state index contributed by atoms with van der Waals surface area (Å²) in [5, 5.41) is 19.3. The molecule has 1 aliphatic rings. The average Bonchev–Trinajstić information content (AvgIpc) is 2.16. The molecule has 0 heterocycles. The predicted octanol–water partition coefficient (Wildman–Crippen LogP) is 1.25. The van der Waals surface area contributed by atoms with Gasteiger partial charge in [0.1, 0.15) is 5.75 Å². The average molecular weight is 192 g/mol. The Bertz CT molecular complexity index is 380. The molecule has 0 fully saturated rings. The van der Waals surface area contributed by atoms with Gasteiger partial charge in [-0.3, -0.25) is 0 Å². The number of ether oxygens (including phenoxy) is 1. The first-order valence-electron chi connectivity index (χ1n) is 4.43. The molecule has 0 spiro atoms. The van der Waals surface area contributed by atoms with Crippen molar-refractivity contribution in [3.05, 3.63) is 35.4 Å². The van der Waals surface area contributed by atoms with Crippen LogP contribution < -0.4 is 4.74 Å². The fourth-order valence-corrected chi connectivity index (χ4v) is 1.63. The third-order valence-corrected chi connectivity index (χ3v) is 2.39. The Morgan fingerprint density at radius 2 is 2.14 bits per heavy atom. The number of rotatable bonds is 1. The zero-order valence-corrected chi connectivity index (χ0v) is 7.90. The fourth-order valence-electron chi connectivity index (χ4n) is 1.63. The van der Waals surface area contributed by atoms with E-state index in [1.54, 1.807) is 31.4 Å². The molecular formula is C11H12O3. The minimum absolute atomic E-state index is 0.229. The summed E-state index contributed by atoms with van der Waals surface area (Å²) in [5.74, 6) is -1.03. The van der Waals surface area contributed by atoms with Crippen LogP contribution in [0.3, 0.4) is 0 Å². The number of methoxy groups -OCH3 is 1. The maximum atomic E-state index is 9.65. The quantitative estimate of drug-likeness (QED) is 0.658. The molecule has 1 aromatic carbocycles. The second-order valence-corrected chi connectivity index (χ2v) is 3.38. The molecule has 0 saturated heterocycles. The Morgan fingerprint density at radius 3 is 2.86 bits per heavy atom. The number of benzene rings is 1. The van der Waals surface area contributed by atoms with Crippen LogP contribution in [0.15, 0.2) is 24.3 Å². The van der Waals surface area contributed by atoms with E-state index in [0.717, 1.165) is 5.56 Å². The van der Waals surface area contributed by atoms with Gasteiger partial charge >= 0.3 is 0 Å². The van der Waals surface area contributed by atoms with Crippen LogP contribution in [-0.2, 0) is 5.79 Å². The highest BCUT2D eigenvalue weighted by molar-refractivity contribution is 5.60. The lowest BCUT2D eigenvalue weighted by molar-refractivity contribution is -0.166. The zero-order chi connectivity index (χ0) is 10.2. The van der Waals surface area contributed by atoms with Gasteiger partial charge in [-0.1, -0.05) is 12.2 Å². The topological polar surface area (TPSA) is 49.7 Å². The maximum Gasteiger partial charge on any atom is 0.193 e. The predicted molar refractivity (Wildman–Crippen MR) is 52.8 cm³/mol. The van der Waals surface area contributed by atoms with Gasteiger partial charge in [-0.2, -0.15) is 0 Å². The number of hydrogen-bond donors (Lipinski definition) is 2. The third-order valence-electron chi connectivity index (χ3n) is 2.39. The van der Waals surface area contributed by atoms with Crippen LogP contribution in [0.2, 0.25) is 0 Å². The monoisotopic (exact) mass is 192 g/mol. The van der Waals surface area contributed by atoms with E-state index in [2.05, 4.69) is 0 Å². The van der Waals surface area contributed by atoms with Crippen LogP contribution >= 0.6 is 0 Å². The molecule has 0 amide bonds. The molecule has 3 nitrogen and oxygen atoms in total. The van der Waals surface area contributed by atoms with E-state index in [1.165, 1.54) is 0 Å². The summed E-state index contributed by atoms with van der Waals surface area (Å²) in [4.78, 5) is 0. The van der Waals surface area contributed by atoms with E-state index in [9.17, 15) is 10.2 Å². The lowest BCUT2D eigenvalue weighted by atomic mass is 9.92. The molecule has 1 aromatic rings. The van der Waals surface area contributed by atoms with Crippen LogP contribution in [0, 0.1) is 0 Å². The molecule has 1 aliphatic carbocycles. The van der Waals surface area contributed by atoms with Crippen molar-refractivity contribution in [3.63, 3.8) is 0 Å². The Hall–Kier alpha value is -1.32. The summed E-state index contributed by atoms with van der Waals surface area (Å²) in [6, 6.07) is 5.18. The van der Waals surface area contributed by atoms with Gasteiger partial charge in [0.05, 0.1) is 7.11 Å². The lowest BCUT2D eigenvalue weighted by Crippen LogP contribution is -2.26. The number of hydrogen-bond acceptors (Lipinski definition) is 3.